The van der Waals surface area contributed by atoms with Gasteiger partial charge >= 0.3 is 0 Å². The maximum absolute atomic E-state index is 6.49. The van der Waals surface area contributed by atoms with Gasteiger partial charge < -0.3 is 4.74 Å². The Bertz CT molecular complexity index is 298. The van der Waals surface area contributed by atoms with Crippen molar-refractivity contribution >= 4 is 0 Å². The molecule has 5 unspecified atom stereocenters. The first-order valence-corrected chi connectivity index (χ1v) is 7.15. The monoisotopic (exact) mass is 222 g/mol. The fraction of sp³-hybridized carbons (Fsp3) is 1.00. The Morgan fingerprint density at radius 1 is 1.19 bits per heavy atom. The van der Waals surface area contributed by atoms with Crippen LogP contribution in [0.25, 0.3) is 0 Å². The molecule has 3 fully saturated rings. The van der Waals surface area contributed by atoms with Crippen LogP contribution in [0.2, 0.25) is 0 Å². The Balaban J connectivity index is 1.99. The van der Waals surface area contributed by atoms with Crippen LogP contribution in [0.4, 0.5) is 0 Å². The summed E-state index contributed by atoms with van der Waals surface area (Å²) in [6, 6.07) is 0. The number of hydrogen-bond donors (Lipinski definition) is 0. The average Bonchev–Trinajstić information content (AvgIpc) is 2.64. The predicted octanol–water partition coefficient (Wildman–Crippen LogP) is 4.02. The molecule has 5 atom stereocenters. The van der Waals surface area contributed by atoms with Gasteiger partial charge in [-0.3, -0.25) is 0 Å². The van der Waals surface area contributed by atoms with E-state index in [-0.39, 0.29) is 5.60 Å². The fourth-order valence-electron chi connectivity index (χ4n) is 5.26. The van der Waals surface area contributed by atoms with Crippen LogP contribution < -0.4 is 0 Å². The van der Waals surface area contributed by atoms with Crippen LogP contribution in [-0.2, 0) is 4.74 Å². The van der Waals surface area contributed by atoms with E-state index in [1.165, 1.54) is 32.1 Å². The quantitative estimate of drug-likeness (QED) is 0.651. The second-order valence-electron chi connectivity index (χ2n) is 7.30. The summed E-state index contributed by atoms with van der Waals surface area (Å²) in [6.45, 7) is 9.53. The van der Waals surface area contributed by atoms with Crippen LogP contribution in [0.5, 0.6) is 0 Å². The topological polar surface area (TPSA) is 9.23 Å². The van der Waals surface area contributed by atoms with Gasteiger partial charge in [-0.1, -0.05) is 20.8 Å². The smallest absolute Gasteiger partial charge is 0.0665 e. The molecule has 2 bridgehead atoms. The molecule has 0 aromatic carbocycles. The largest absolute Gasteiger partial charge is 0.371 e. The summed E-state index contributed by atoms with van der Waals surface area (Å²) in [5.41, 5.74) is 0.774. The van der Waals surface area contributed by atoms with Crippen LogP contribution in [-0.4, -0.2) is 11.7 Å². The van der Waals surface area contributed by atoms with E-state index < -0.39 is 0 Å². The Morgan fingerprint density at radius 2 is 1.94 bits per heavy atom. The molecule has 16 heavy (non-hydrogen) atoms. The summed E-state index contributed by atoms with van der Waals surface area (Å²) in [5, 5.41) is 0. The van der Waals surface area contributed by atoms with Crippen molar-refractivity contribution in [1.29, 1.82) is 0 Å². The molecule has 1 aliphatic heterocycles. The summed E-state index contributed by atoms with van der Waals surface area (Å²) in [5.74, 6) is 2.58. The van der Waals surface area contributed by atoms with E-state index in [4.69, 9.17) is 4.74 Å². The lowest BCUT2D eigenvalue weighted by Gasteiger charge is -2.41. The summed E-state index contributed by atoms with van der Waals surface area (Å²) in [7, 11) is 0. The van der Waals surface area contributed by atoms with Gasteiger partial charge in [0.25, 0.3) is 0 Å². The fourth-order valence-corrected chi connectivity index (χ4v) is 5.26. The van der Waals surface area contributed by atoms with Gasteiger partial charge in [0.2, 0.25) is 0 Å². The minimum Gasteiger partial charge on any atom is -0.371 e. The molecule has 0 aromatic rings. The zero-order chi connectivity index (χ0) is 11.6. The molecule has 2 aliphatic carbocycles. The number of hydrogen-bond acceptors (Lipinski definition) is 1. The molecule has 3 rings (SSSR count). The standard InChI is InChI=1S/C15H26O/c1-10(2)13-15-8-5-11(3)12(15)6-7-14(4,9-15)16-13/h10-13H,5-9H2,1-4H3. The summed E-state index contributed by atoms with van der Waals surface area (Å²) >= 11 is 0. The number of fused-ring (bicyclic) bond motifs is 1. The molecule has 1 saturated heterocycles. The van der Waals surface area contributed by atoms with Crippen molar-refractivity contribution in [2.45, 2.75) is 71.5 Å². The Hall–Kier alpha value is -0.0400. The van der Waals surface area contributed by atoms with Crippen LogP contribution in [0.1, 0.15) is 59.8 Å². The number of rotatable bonds is 1. The van der Waals surface area contributed by atoms with Crippen molar-refractivity contribution in [1.82, 2.24) is 0 Å². The van der Waals surface area contributed by atoms with Gasteiger partial charge in [-0.25, -0.2) is 0 Å². The molecular formula is C15H26O. The lowest BCUT2D eigenvalue weighted by atomic mass is 9.60. The van der Waals surface area contributed by atoms with E-state index in [0.29, 0.717) is 17.4 Å². The molecule has 0 radical (unpaired) electrons. The van der Waals surface area contributed by atoms with Gasteiger partial charge in [0.1, 0.15) is 0 Å². The van der Waals surface area contributed by atoms with Gasteiger partial charge in [0, 0.05) is 5.41 Å². The van der Waals surface area contributed by atoms with E-state index in [1.54, 1.807) is 0 Å². The highest BCUT2D eigenvalue weighted by atomic mass is 16.5. The summed E-state index contributed by atoms with van der Waals surface area (Å²) < 4.78 is 6.49. The molecular weight excluding hydrogens is 196 g/mol. The molecule has 3 aliphatic rings. The lowest BCUT2D eigenvalue weighted by molar-refractivity contribution is -0.0575. The predicted molar refractivity (Wildman–Crippen MR) is 66.3 cm³/mol. The van der Waals surface area contributed by atoms with Crippen LogP contribution in [0, 0.1) is 23.2 Å². The maximum Gasteiger partial charge on any atom is 0.0665 e. The van der Waals surface area contributed by atoms with Crippen LogP contribution in [0.3, 0.4) is 0 Å². The zero-order valence-corrected chi connectivity index (χ0v) is 11.3. The lowest BCUT2D eigenvalue weighted by Crippen LogP contribution is -2.40. The molecule has 1 heterocycles. The maximum atomic E-state index is 6.49. The first-order valence-electron chi connectivity index (χ1n) is 7.15. The van der Waals surface area contributed by atoms with E-state index in [0.717, 1.165) is 11.8 Å². The summed E-state index contributed by atoms with van der Waals surface area (Å²) in [4.78, 5) is 0. The normalized spacial score (nSPS) is 55.7. The van der Waals surface area contributed by atoms with Crippen molar-refractivity contribution in [3.05, 3.63) is 0 Å². The molecule has 0 amide bonds. The second-order valence-corrected chi connectivity index (χ2v) is 7.30. The van der Waals surface area contributed by atoms with Gasteiger partial charge in [0.05, 0.1) is 11.7 Å². The Labute approximate surface area is 99.9 Å². The minimum atomic E-state index is 0.218. The highest BCUT2D eigenvalue weighted by Gasteiger charge is 2.63. The third-order valence-electron chi connectivity index (χ3n) is 5.76. The SMILES string of the molecule is CC(C)C1OC2(C)CCC3C(C)CCC31C2. The average molecular weight is 222 g/mol. The van der Waals surface area contributed by atoms with Gasteiger partial charge in [-0.2, -0.15) is 0 Å². The second kappa shape index (κ2) is 3.25. The zero-order valence-electron chi connectivity index (χ0n) is 11.3. The first kappa shape index (κ1) is 11.1. The number of ether oxygens (including phenoxy) is 1. The van der Waals surface area contributed by atoms with Crippen molar-refractivity contribution in [2.24, 2.45) is 23.2 Å². The van der Waals surface area contributed by atoms with Gasteiger partial charge in [-0.15, -0.1) is 0 Å². The molecule has 0 N–H and O–H groups in total. The Kier molecular flexibility index (Phi) is 2.25. The van der Waals surface area contributed by atoms with Crippen molar-refractivity contribution in [3.8, 4) is 0 Å². The summed E-state index contributed by atoms with van der Waals surface area (Å²) in [6.07, 6.45) is 7.46. The van der Waals surface area contributed by atoms with E-state index in [9.17, 15) is 0 Å². The van der Waals surface area contributed by atoms with Crippen molar-refractivity contribution in [3.63, 3.8) is 0 Å². The third-order valence-corrected chi connectivity index (χ3v) is 5.76. The highest BCUT2D eigenvalue weighted by Crippen LogP contribution is 2.65. The Morgan fingerprint density at radius 3 is 2.62 bits per heavy atom. The van der Waals surface area contributed by atoms with E-state index in [2.05, 4.69) is 27.7 Å². The first-order chi connectivity index (χ1) is 7.47. The molecule has 1 spiro atoms. The molecule has 1 nitrogen and oxygen atoms in total. The van der Waals surface area contributed by atoms with Crippen LogP contribution >= 0.6 is 0 Å². The highest BCUT2D eigenvalue weighted by molar-refractivity contribution is 5.12. The minimum absolute atomic E-state index is 0.218. The van der Waals surface area contributed by atoms with Crippen LogP contribution in [0.15, 0.2) is 0 Å². The molecule has 1 heteroatoms. The van der Waals surface area contributed by atoms with Crippen molar-refractivity contribution in [2.75, 3.05) is 0 Å². The molecule has 92 valence electrons. The van der Waals surface area contributed by atoms with E-state index >= 15 is 0 Å². The molecule has 2 saturated carbocycles. The van der Waals surface area contributed by atoms with E-state index in [1.807, 2.05) is 0 Å². The van der Waals surface area contributed by atoms with Gasteiger partial charge in [0.15, 0.2) is 0 Å². The molecule has 0 aromatic heterocycles. The van der Waals surface area contributed by atoms with Gasteiger partial charge in [-0.05, 0) is 56.8 Å². The third kappa shape index (κ3) is 1.27. The van der Waals surface area contributed by atoms with Crippen molar-refractivity contribution < 1.29 is 4.74 Å².